The first-order chi connectivity index (χ1) is 19.1. The Morgan fingerprint density at radius 2 is 1.31 bits per heavy atom. The number of hydrogen-bond acceptors (Lipinski definition) is 7. The van der Waals surface area contributed by atoms with Crippen LogP contribution in [0, 0.1) is 0 Å². The topological polar surface area (TPSA) is 60.5 Å². The number of piperazine rings is 1. The normalized spacial score (nSPS) is 14.2. The second-order valence-corrected chi connectivity index (χ2v) is 10.3. The maximum Gasteiger partial charge on any atom is 0.305 e. The first-order valence-electron chi connectivity index (χ1n) is 14.6. The van der Waals surface area contributed by atoms with Crippen molar-refractivity contribution in [3.8, 4) is 17.2 Å². The average Bonchev–Trinajstić information content (AvgIpc) is 2.97. The van der Waals surface area contributed by atoms with E-state index in [0.29, 0.717) is 24.5 Å². The number of methoxy groups -OCH3 is 3. The minimum absolute atomic E-state index is 0.104. The molecule has 0 aliphatic carbocycles. The maximum absolute atomic E-state index is 11.2. The molecule has 0 spiro atoms. The predicted octanol–water partition coefficient (Wildman–Crippen LogP) is 6.08. The van der Waals surface area contributed by atoms with E-state index in [1.807, 2.05) is 6.07 Å². The second-order valence-electron chi connectivity index (χ2n) is 10.3. The smallest absolute Gasteiger partial charge is 0.305 e. The highest BCUT2D eigenvalue weighted by atomic mass is 16.5. The van der Waals surface area contributed by atoms with Gasteiger partial charge in [-0.05, 0) is 24.5 Å². The van der Waals surface area contributed by atoms with Crippen molar-refractivity contribution in [1.82, 2.24) is 9.80 Å². The van der Waals surface area contributed by atoms with Gasteiger partial charge in [0, 0.05) is 51.3 Å². The Labute approximate surface area is 235 Å². The molecule has 1 aliphatic rings. The molecule has 0 atom stereocenters. The summed E-state index contributed by atoms with van der Waals surface area (Å²) in [6, 6.07) is 14.8. The van der Waals surface area contributed by atoms with Crippen molar-refractivity contribution in [2.24, 2.45) is 0 Å². The van der Waals surface area contributed by atoms with Gasteiger partial charge in [0.15, 0.2) is 11.5 Å². The molecule has 1 aliphatic heterocycles. The largest absolute Gasteiger partial charge is 0.493 e. The molecule has 1 heterocycles. The molecule has 0 N–H and O–H groups in total. The van der Waals surface area contributed by atoms with Crippen LogP contribution in [0.3, 0.4) is 0 Å². The van der Waals surface area contributed by atoms with E-state index in [9.17, 15) is 4.79 Å². The lowest BCUT2D eigenvalue weighted by Gasteiger charge is -2.35. The molecular weight excluding hydrogens is 492 g/mol. The predicted molar refractivity (Wildman–Crippen MR) is 156 cm³/mol. The van der Waals surface area contributed by atoms with E-state index in [0.717, 1.165) is 76.3 Å². The van der Waals surface area contributed by atoms with Crippen molar-refractivity contribution in [1.29, 1.82) is 0 Å². The summed E-state index contributed by atoms with van der Waals surface area (Å²) in [6.07, 6.45) is 9.54. The summed E-state index contributed by atoms with van der Waals surface area (Å²) in [4.78, 5) is 16.2. The van der Waals surface area contributed by atoms with Crippen LogP contribution in [-0.2, 0) is 22.6 Å². The number of carbonyl (C=O) groups excluding carboxylic acids is 1. The molecule has 0 radical (unpaired) electrons. The average molecular weight is 541 g/mol. The summed E-state index contributed by atoms with van der Waals surface area (Å²) in [5, 5.41) is 0. The van der Waals surface area contributed by atoms with Crippen LogP contribution < -0.4 is 14.2 Å². The molecule has 39 heavy (non-hydrogen) atoms. The molecule has 2 aromatic carbocycles. The summed E-state index contributed by atoms with van der Waals surface area (Å²) in [7, 11) is 4.80. The van der Waals surface area contributed by atoms with Crippen molar-refractivity contribution >= 4 is 5.97 Å². The number of ether oxygens (including phenoxy) is 4. The van der Waals surface area contributed by atoms with Gasteiger partial charge in [-0.15, -0.1) is 0 Å². The van der Waals surface area contributed by atoms with E-state index in [4.69, 9.17) is 14.2 Å². The number of unbranched alkanes of at least 4 members (excludes halogenated alkanes) is 7. The zero-order chi connectivity index (χ0) is 27.7. The molecule has 216 valence electrons. The fraction of sp³-hybridized carbons (Fsp3) is 0.594. The Bertz CT molecular complexity index is 961. The molecule has 3 rings (SSSR count). The molecule has 7 nitrogen and oxygen atoms in total. The zero-order valence-corrected chi connectivity index (χ0v) is 24.3. The molecule has 2 aromatic rings. The fourth-order valence-electron chi connectivity index (χ4n) is 5.12. The number of hydrogen-bond donors (Lipinski definition) is 0. The maximum atomic E-state index is 11.2. The van der Waals surface area contributed by atoms with Crippen molar-refractivity contribution < 1.29 is 23.7 Å². The summed E-state index contributed by atoms with van der Waals surface area (Å²) < 4.78 is 22.3. The van der Waals surface area contributed by atoms with E-state index < -0.39 is 0 Å². The van der Waals surface area contributed by atoms with Crippen LogP contribution in [0.4, 0.5) is 0 Å². The Kier molecular flexibility index (Phi) is 14.0. The Hall–Kier alpha value is -2.77. The van der Waals surface area contributed by atoms with Gasteiger partial charge in [0.25, 0.3) is 0 Å². The molecule has 1 fully saturated rings. The molecule has 0 unspecified atom stereocenters. The van der Waals surface area contributed by atoms with Crippen LogP contribution in [0.1, 0.15) is 68.9 Å². The van der Waals surface area contributed by atoms with Crippen LogP contribution in [0.15, 0.2) is 42.5 Å². The van der Waals surface area contributed by atoms with Gasteiger partial charge in [-0.3, -0.25) is 14.6 Å². The second kappa shape index (κ2) is 17.7. The Morgan fingerprint density at radius 1 is 0.692 bits per heavy atom. The van der Waals surface area contributed by atoms with E-state index >= 15 is 0 Å². The third-order valence-electron chi connectivity index (χ3n) is 7.44. The molecular formula is C32H48N2O5. The van der Waals surface area contributed by atoms with E-state index in [2.05, 4.69) is 50.9 Å². The van der Waals surface area contributed by atoms with E-state index in [1.54, 1.807) is 14.2 Å². The third-order valence-corrected chi connectivity index (χ3v) is 7.44. The highest BCUT2D eigenvalue weighted by Crippen LogP contribution is 2.40. The third kappa shape index (κ3) is 10.7. The Morgan fingerprint density at radius 3 is 1.92 bits per heavy atom. The van der Waals surface area contributed by atoms with Crippen molar-refractivity contribution in [3.63, 3.8) is 0 Å². The Balaban J connectivity index is 1.41. The van der Waals surface area contributed by atoms with Gasteiger partial charge < -0.3 is 18.9 Å². The summed E-state index contributed by atoms with van der Waals surface area (Å²) in [5.74, 6) is 2.10. The molecule has 0 bridgehead atoms. The van der Waals surface area contributed by atoms with Crippen LogP contribution in [0.25, 0.3) is 0 Å². The van der Waals surface area contributed by atoms with Crippen molar-refractivity contribution in [3.05, 3.63) is 53.6 Å². The minimum atomic E-state index is -0.104. The first kappa shape index (κ1) is 30.8. The van der Waals surface area contributed by atoms with Gasteiger partial charge in [-0.25, -0.2) is 0 Å². The van der Waals surface area contributed by atoms with Crippen LogP contribution in [0.2, 0.25) is 0 Å². The monoisotopic (exact) mass is 540 g/mol. The van der Waals surface area contributed by atoms with Gasteiger partial charge in [-0.1, -0.05) is 74.9 Å². The number of nitrogens with zero attached hydrogens (tertiary/aromatic N) is 2. The highest BCUT2D eigenvalue weighted by Gasteiger charge is 2.22. The molecule has 7 heteroatoms. The van der Waals surface area contributed by atoms with E-state index in [1.165, 1.54) is 38.4 Å². The lowest BCUT2D eigenvalue weighted by Crippen LogP contribution is -2.45. The molecule has 0 aromatic heterocycles. The van der Waals surface area contributed by atoms with Crippen LogP contribution in [0.5, 0.6) is 17.2 Å². The lowest BCUT2D eigenvalue weighted by atomic mass is 10.1. The fourth-order valence-corrected chi connectivity index (χ4v) is 5.12. The highest BCUT2D eigenvalue weighted by molar-refractivity contribution is 5.68. The number of carbonyl (C=O) groups is 1. The molecule has 0 amide bonds. The van der Waals surface area contributed by atoms with E-state index in [-0.39, 0.29) is 5.97 Å². The van der Waals surface area contributed by atoms with Crippen molar-refractivity contribution in [2.75, 3.05) is 54.1 Å². The molecule has 1 saturated heterocycles. The van der Waals surface area contributed by atoms with Gasteiger partial charge in [0.05, 0.1) is 27.9 Å². The quantitative estimate of drug-likeness (QED) is 0.168. The zero-order valence-electron chi connectivity index (χ0n) is 24.3. The number of esters is 1. The lowest BCUT2D eigenvalue weighted by molar-refractivity contribution is -0.140. The SMILES string of the molecule is COC(=O)CCCCCCCCCCOc1c(CN2CCN(Cc3ccccc3)CC2)ccc(OC)c1OC. The first-order valence-corrected chi connectivity index (χ1v) is 14.6. The standard InChI is InChI=1S/C32H48N2O5/c1-36-29-19-18-28(26-34-22-20-33(21-23-34)25-27-15-11-10-12-16-27)31(32(29)38-3)39-24-14-9-7-5-4-6-8-13-17-30(35)37-2/h10-12,15-16,18-19H,4-9,13-14,17,20-26H2,1-3H3. The van der Waals surface area contributed by atoms with Gasteiger partial charge in [-0.2, -0.15) is 0 Å². The number of benzene rings is 2. The molecule has 0 saturated carbocycles. The van der Waals surface area contributed by atoms with Gasteiger partial charge in [0.2, 0.25) is 5.75 Å². The number of rotatable bonds is 18. The van der Waals surface area contributed by atoms with Gasteiger partial charge >= 0.3 is 5.97 Å². The summed E-state index contributed by atoms with van der Waals surface area (Å²) in [6.45, 7) is 6.69. The van der Waals surface area contributed by atoms with Crippen LogP contribution >= 0.6 is 0 Å². The van der Waals surface area contributed by atoms with Crippen molar-refractivity contribution in [2.45, 2.75) is 70.9 Å². The minimum Gasteiger partial charge on any atom is -0.493 e. The van der Waals surface area contributed by atoms with Crippen LogP contribution in [-0.4, -0.2) is 69.9 Å². The summed E-state index contributed by atoms with van der Waals surface area (Å²) >= 11 is 0. The summed E-state index contributed by atoms with van der Waals surface area (Å²) in [5.41, 5.74) is 2.52. The van der Waals surface area contributed by atoms with Gasteiger partial charge in [0.1, 0.15) is 0 Å².